The van der Waals surface area contributed by atoms with Gasteiger partial charge < -0.3 is 272 Å². The van der Waals surface area contributed by atoms with Crippen LogP contribution in [-0.4, -0.2) is 467 Å². The number of rotatable bonds is 24. The van der Waals surface area contributed by atoms with E-state index in [4.69, 9.17) is 157 Å². The van der Waals surface area contributed by atoms with Gasteiger partial charge in [0.1, 0.15) is 171 Å². The molecule has 21 unspecified atom stereocenters. The fourth-order valence-corrected chi connectivity index (χ4v) is 19.2. The normalized spacial score (nSPS) is 50.4. The second-order valence-corrected chi connectivity index (χ2v) is 38.1. The predicted octanol–water partition coefficient (Wildman–Crippen LogP) is -17.3. The molecule has 0 radical (unpaired) electrons. The first-order valence-corrected chi connectivity index (χ1v) is 46.4. The number of aliphatic hydroxyl groups excluding tert-OH is 19. The second-order valence-electron chi connectivity index (χ2n) is 38.1. The Hall–Kier alpha value is -2.90. The van der Waals surface area contributed by atoms with Gasteiger partial charge in [0.2, 0.25) is 5.91 Å². The summed E-state index contributed by atoms with van der Waals surface area (Å²) in [6.45, 7) is 17.5. The van der Waals surface area contributed by atoms with Gasteiger partial charge in [-0.1, -0.05) is 48.5 Å². The third-order valence-electron chi connectivity index (χ3n) is 28.6. The van der Waals surface area contributed by atoms with Crippen molar-refractivity contribution in [1.29, 1.82) is 0 Å². The van der Waals surface area contributed by atoms with Gasteiger partial charge in [-0.25, -0.2) is 0 Å². The molecule has 4 saturated carbocycles. The number of nitrogens with two attached hydrogens (primary N) is 15. The molecule has 12 rings (SSSR count). The summed E-state index contributed by atoms with van der Waals surface area (Å²) < 4.78 is 86.0. The van der Waals surface area contributed by atoms with Gasteiger partial charge >= 0.3 is 0 Å². The van der Waals surface area contributed by atoms with Crippen molar-refractivity contribution in [2.24, 2.45) is 122 Å². The van der Waals surface area contributed by atoms with Gasteiger partial charge in [-0.05, 0) is 75.0 Å². The fourth-order valence-electron chi connectivity index (χ4n) is 19.2. The van der Waals surface area contributed by atoms with E-state index in [0.717, 1.165) is 12.8 Å². The maximum Gasteiger partial charge on any atom is 0.217 e. The Morgan fingerprint density at radius 2 is 0.676 bits per heavy atom. The van der Waals surface area contributed by atoms with Crippen molar-refractivity contribution >= 4 is 11.7 Å². The lowest BCUT2D eigenvalue weighted by Crippen LogP contribution is -2.68. The number of carbonyl (C=O) groups is 2. The molecule has 4 aliphatic carbocycles. The number of amides is 1. The summed E-state index contributed by atoms with van der Waals surface area (Å²) in [5, 5.41) is 195. The minimum Gasteiger partial charge on any atom is -0.394 e. The SMILES string of the molecule is CC(=O)C[C@@H]1OC[C@@H](O[C@H]2OC(CN)[C@@H](O)[C@H](O)C2N)[C@H](O)C1O.CC(=O)N[C@@H]1CC[C@@H](O[C@H]2OC(CN)[C@@H](O)[C@H](O)C2N)[C@H](O)C1O.CCC1O[C@H](O[C@@H]2C(C)C[C@@H](N)C(C)[C@H]2C)C(C)[C@@H](C)[C@@H]1C.N.N.NCC1O[C@H](O[C@@H]2C(N)C[C@@H](N)C(O)[C@H]2O)C(N)[C@@H](O)[C@@H]1O.NCC1O[C@H](O[C@@H]2C(N)C[C@@H](N)C(O)[C@H]2O[C@@H]2O[C@H](CO)C(O[C@H]3O[C@H](CN)[C@@H](O)C(O)C3N)[C@@H]2O)C(N)[C@@H](O)[C@@H]1O. The first-order valence-electron chi connectivity index (χ1n) is 46.4. The molecule has 12 fully saturated rings. The van der Waals surface area contributed by atoms with Crippen LogP contribution in [0.15, 0.2) is 0 Å². The largest absolute Gasteiger partial charge is 0.394 e. The van der Waals surface area contributed by atoms with E-state index < -0.39 is 294 Å². The molecule has 0 aromatic carbocycles. The highest BCUT2D eigenvalue weighted by Crippen LogP contribution is 2.43. The Labute approximate surface area is 790 Å². The number of nitrogens with one attached hydrogen (secondary N) is 1. The highest BCUT2D eigenvalue weighted by Gasteiger charge is 2.58. The third kappa shape index (κ3) is 28.9. The van der Waals surface area contributed by atoms with Gasteiger partial charge in [-0.3, -0.25) is 9.59 Å². The molecule has 0 spiro atoms. The molecule has 12 aliphatic rings. The Morgan fingerprint density at radius 3 is 1.09 bits per heavy atom. The topological polar surface area (TPSA) is 1030 Å². The van der Waals surface area contributed by atoms with Crippen LogP contribution in [0, 0.1) is 35.5 Å². The van der Waals surface area contributed by atoms with E-state index in [9.17, 15) is 107 Å². The summed E-state index contributed by atoms with van der Waals surface area (Å²) in [7, 11) is 0. The Morgan fingerprint density at radius 1 is 0.316 bits per heavy atom. The second kappa shape index (κ2) is 54.5. The van der Waals surface area contributed by atoms with Gasteiger partial charge in [0.05, 0.1) is 86.1 Å². The molecule has 56 N–H and O–H groups in total. The summed E-state index contributed by atoms with van der Waals surface area (Å²) in [5.41, 5.74) is 87.3. The van der Waals surface area contributed by atoms with Crippen molar-refractivity contribution in [3.8, 4) is 0 Å². The zero-order valence-corrected chi connectivity index (χ0v) is 78.8. The molecule has 8 aliphatic heterocycles. The number of ketones is 1. The lowest BCUT2D eigenvalue weighted by Gasteiger charge is -2.48. The van der Waals surface area contributed by atoms with Crippen LogP contribution in [0.5, 0.6) is 0 Å². The summed E-state index contributed by atoms with van der Waals surface area (Å²) in [5.74, 6) is 2.72. The summed E-state index contributed by atoms with van der Waals surface area (Å²) in [4.78, 5) is 22.2. The van der Waals surface area contributed by atoms with Crippen LogP contribution in [0.3, 0.4) is 0 Å². The number of Topliss-reactive ketones (excluding diaryl/α,β-unsaturated/α-hetero) is 1. The molecule has 0 aromatic rings. The van der Waals surface area contributed by atoms with E-state index in [2.05, 4.69) is 53.8 Å². The predicted molar refractivity (Wildman–Crippen MR) is 476 cm³/mol. The number of hydrogen-bond acceptors (Lipinski definition) is 53. The standard InChI is InChI=1S/C23H46N6O13.C19H37NO2.C14H27N3O7.C14H26N2O8.C12H26N4O6.2H3N/c24-2-7-13(32)15(34)10(28)21(37-7)40-18-6(27)1-5(26)12(31)20(18)42-23-17(36)19(9(4-30)39-23)41-22-11(29)16(35)14(33)8(3-25)38-22;1-8-17-13(5)11(3)15(7)19(21-17)22-18-10(2)9-16(20)12(4)14(18)6;1-5(18)17-6-2-3-7(11(20)10(6)19)23-14-9(16)13(22)12(21)8(4-15)24-14;1-5(17)2-6-10(18)12(20)8(4-22-6)24-14-9(16)13(21)11(19)7(3-15)23-14;13-2-5-8(18)9(19)6(16)12(21-5)22-11-4(15)1-3(14)7(17)10(11)20;;/h5-23,30-36H,1-4,24-29H2;10-19H,8-9,20H2,1-7H3;6-14,19-22H,2-4,15-16H2,1H3,(H,17,18);6-14,18-21H,2-4,15-16H2,1H3;3-12,17-20H,1-2,13-16H2;2*1H3/t5-,6?,7?,8-,9-,10?,11?,12?,13-,14-,15-,16?,17+,18-,19?,20-,21-,22-,23+;10?,11-,12?,13-,14+,15?,16+,17?,18+,19+;6-,7-,8?,9?,10?,11+,12-,13-,14+;6-,7?,8+,9?,10?,11+,12-,13+,14+;3-,4?,5?,6?,7?,8-,9-,10-,11-,12-;;/m10101../s1. The maximum atomic E-state index is 11.1. The first kappa shape index (κ1) is 122. The van der Waals surface area contributed by atoms with Crippen LogP contribution in [-0.2, 0) is 80.6 Å². The van der Waals surface area contributed by atoms with Gasteiger partial charge in [0.25, 0.3) is 0 Å². The quantitative estimate of drug-likeness (QED) is 0.0427. The minimum atomic E-state index is -1.60. The maximum absolute atomic E-state index is 11.1. The van der Waals surface area contributed by atoms with Crippen molar-refractivity contribution in [2.45, 2.75) is 419 Å². The van der Waals surface area contributed by atoms with Gasteiger partial charge in [0, 0.05) is 82.2 Å². The Bertz CT molecular complexity index is 3310. The highest BCUT2D eigenvalue weighted by molar-refractivity contribution is 5.76. The molecule has 1 amide bonds. The lowest BCUT2D eigenvalue weighted by molar-refractivity contribution is -0.306. The molecule has 57 atom stereocenters. The van der Waals surface area contributed by atoms with Gasteiger partial charge in [-0.15, -0.1) is 0 Å². The van der Waals surface area contributed by atoms with E-state index in [1.54, 1.807) is 0 Å². The molecular formula is C82H168N18O36. The Kier molecular flexibility index (Phi) is 48.8. The van der Waals surface area contributed by atoms with E-state index in [-0.39, 0.29) is 95.0 Å². The molecule has 8 heterocycles. The van der Waals surface area contributed by atoms with Crippen LogP contribution in [0.4, 0.5) is 0 Å². The monoisotopic (exact) mass is 1980 g/mol. The van der Waals surface area contributed by atoms with E-state index in [0.29, 0.717) is 60.5 Å². The van der Waals surface area contributed by atoms with E-state index >= 15 is 0 Å². The summed E-state index contributed by atoms with van der Waals surface area (Å²) in [6.07, 6.45) is -40.8. The third-order valence-corrected chi connectivity index (χ3v) is 28.6. The fraction of sp³-hybridized carbons (Fsp3) is 0.976. The zero-order chi connectivity index (χ0) is 100. The van der Waals surface area contributed by atoms with Crippen molar-refractivity contribution in [2.75, 3.05) is 45.9 Å². The van der Waals surface area contributed by atoms with Crippen molar-refractivity contribution in [3.63, 3.8) is 0 Å². The van der Waals surface area contributed by atoms with Crippen molar-refractivity contribution in [3.05, 3.63) is 0 Å². The van der Waals surface area contributed by atoms with Gasteiger partial charge in [-0.2, -0.15) is 0 Å². The van der Waals surface area contributed by atoms with E-state index in [1.807, 2.05) is 0 Å². The van der Waals surface area contributed by atoms with Crippen LogP contribution in [0.1, 0.15) is 107 Å². The van der Waals surface area contributed by atoms with Gasteiger partial charge in [0.15, 0.2) is 44.0 Å². The summed E-state index contributed by atoms with van der Waals surface area (Å²) >= 11 is 0. The average Bonchev–Trinajstić information content (AvgIpc) is 1.41. The number of carbonyl (C=O) groups excluding carboxylic acids is 2. The number of hydrogen-bond donors (Lipinski definition) is 37. The highest BCUT2D eigenvalue weighted by atomic mass is 16.8. The lowest BCUT2D eigenvalue weighted by atomic mass is 9.71. The van der Waals surface area contributed by atoms with Crippen molar-refractivity contribution in [1.82, 2.24) is 17.6 Å². The molecule has 136 heavy (non-hydrogen) atoms. The Balaban J connectivity index is 0.000000268. The molecule has 54 nitrogen and oxygen atoms in total. The molecule has 0 aromatic heterocycles. The molecule has 0 bridgehead atoms. The molecule has 802 valence electrons. The van der Waals surface area contributed by atoms with Crippen LogP contribution in [0.2, 0.25) is 0 Å². The molecule has 8 saturated heterocycles. The van der Waals surface area contributed by atoms with E-state index in [1.165, 1.54) is 13.8 Å². The smallest absolute Gasteiger partial charge is 0.217 e. The summed E-state index contributed by atoms with van der Waals surface area (Å²) in [6, 6.07) is -8.89. The minimum absolute atomic E-state index is 0. The number of aliphatic hydroxyl groups is 19. The molecular weight excluding hydrogens is 1810 g/mol. The zero-order valence-electron chi connectivity index (χ0n) is 78.8. The number of ether oxygens (including phenoxy) is 15. The first-order chi connectivity index (χ1) is 62.9. The van der Waals surface area contributed by atoms with Crippen LogP contribution in [0.25, 0.3) is 0 Å². The van der Waals surface area contributed by atoms with Crippen LogP contribution < -0.4 is 104 Å². The molecule has 54 heteroatoms. The average molecular weight is 1980 g/mol. The van der Waals surface area contributed by atoms with Crippen LogP contribution >= 0.6 is 0 Å². The van der Waals surface area contributed by atoms with Crippen molar-refractivity contribution < 1.29 is 178 Å².